The zero-order valence-electron chi connectivity index (χ0n) is 12.5. The highest BCUT2D eigenvalue weighted by atomic mass is 16.5. The van der Waals surface area contributed by atoms with E-state index in [0.717, 1.165) is 38.4 Å². The summed E-state index contributed by atoms with van der Waals surface area (Å²) >= 11 is 0. The SMILES string of the molecule is CCCCOCCCNc1cc(N)nc(COCC)n1. The van der Waals surface area contributed by atoms with Gasteiger partial charge in [0.1, 0.15) is 18.2 Å². The van der Waals surface area contributed by atoms with Crippen molar-refractivity contribution in [2.24, 2.45) is 0 Å². The summed E-state index contributed by atoms with van der Waals surface area (Å²) in [5.74, 6) is 1.80. The number of nitrogens with one attached hydrogen (secondary N) is 1. The maximum atomic E-state index is 5.75. The molecule has 0 radical (unpaired) electrons. The molecule has 0 aliphatic heterocycles. The summed E-state index contributed by atoms with van der Waals surface area (Å²) in [6.45, 7) is 7.52. The fraction of sp³-hybridized carbons (Fsp3) is 0.714. The molecule has 20 heavy (non-hydrogen) atoms. The highest BCUT2D eigenvalue weighted by Gasteiger charge is 2.02. The fourth-order valence-electron chi connectivity index (χ4n) is 1.61. The van der Waals surface area contributed by atoms with Gasteiger partial charge in [-0.25, -0.2) is 9.97 Å². The molecule has 6 nitrogen and oxygen atoms in total. The Morgan fingerprint density at radius 1 is 1.15 bits per heavy atom. The van der Waals surface area contributed by atoms with Gasteiger partial charge >= 0.3 is 0 Å². The van der Waals surface area contributed by atoms with Gasteiger partial charge in [-0.05, 0) is 19.8 Å². The number of nitrogen functional groups attached to an aromatic ring is 1. The molecular formula is C14H26N4O2. The van der Waals surface area contributed by atoms with Gasteiger partial charge in [0.25, 0.3) is 0 Å². The third-order valence-electron chi connectivity index (χ3n) is 2.64. The van der Waals surface area contributed by atoms with Gasteiger partial charge in [-0.2, -0.15) is 0 Å². The van der Waals surface area contributed by atoms with Gasteiger partial charge in [0, 0.05) is 32.4 Å². The summed E-state index contributed by atoms with van der Waals surface area (Å²) in [4.78, 5) is 8.48. The minimum atomic E-state index is 0.385. The molecular weight excluding hydrogens is 256 g/mol. The van der Waals surface area contributed by atoms with Crippen LogP contribution in [0.4, 0.5) is 11.6 Å². The van der Waals surface area contributed by atoms with E-state index < -0.39 is 0 Å². The number of hydrogen-bond acceptors (Lipinski definition) is 6. The van der Waals surface area contributed by atoms with Crippen LogP contribution in [0.25, 0.3) is 0 Å². The summed E-state index contributed by atoms with van der Waals surface area (Å²) in [5, 5.41) is 3.23. The predicted molar refractivity (Wildman–Crippen MR) is 80.6 cm³/mol. The van der Waals surface area contributed by atoms with Crippen LogP contribution in [-0.4, -0.2) is 36.3 Å². The van der Waals surface area contributed by atoms with Crippen LogP contribution in [0.2, 0.25) is 0 Å². The van der Waals surface area contributed by atoms with E-state index in [9.17, 15) is 0 Å². The van der Waals surface area contributed by atoms with Gasteiger partial charge in [-0.1, -0.05) is 13.3 Å². The maximum Gasteiger partial charge on any atom is 0.158 e. The number of ether oxygens (including phenoxy) is 2. The van der Waals surface area contributed by atoms with Crippen molar-refractivity contribution in [3.05, 3.63) is 11.9 Å². The zero-order valence-corrected chi connectivity index (χ0v) is 12.5. The summed E-state index contributed by atoms with van der Waals surface area (Å²) in [6, 6.07) is 1.73. The highest BCUT2D eigenvalue weighted by molar-refractivity contribution is 5.44. The molecule has 1 heterocycles. The molecule has 0 saturated carbocycles. The van der Waals surface area contributed by atoms with Crippen LogP contribution >= 0.6 is 0 Å². The second-order valence-electron chi connectivity index (χ2n) is 4.48. The van der Waals surface area contributed by atoms with Gasteiger partial charge < -0.3 is 20.5 Å². The molecule has 0 aliphatic carbocycles. The zero-order chi connectivity index (χ0) is 14.6. The number of hydrogen-bond donors (Lipinski definition) is 2. The number of aromatic nitrogens is 2. The number of nitrogens with zero attached hydrogens (tertiary/aromatic N) is 2. The Hall–Kier alpha value is -1.40. The first-order valence-corrected chi connectivity index (χ1v) is 7.29. The Morgan fingerprint density at radius 3 is 2.70 bits per heavy atom. The molecule has 0 bridgehead atoms. The fourth-order valence-corrected chi connectivity index (χ4v) is 1.61. The largest absolute Gasteiger partial charge is 0.384 e. The van der Waals surface area contributed by atoms with Crippen LogP contribution in [0.15, 0.2) is 6.07 Å². The summed E-state index contributed by atoms with van der Waals surface area (Å²) in [7, 11) is 0. The molecule has 0 atom stereocenters. The van der Waals surface area contributed by atoms with Crippen LogP contribution in [-0.2, 0) is 16.1 Å². The van der Waals surface area contributed by atoms with Crippen molar-refractivity contribution in [1.82, 2.24) is 9.97 Å². The van der Waals surface area contributed by atoms with Crippen LogP contribution in [0, 0.1) is 0 Å². The quantitative estimate of drug-likeness (QED) is 0.606. The lowest BCUT2D eigenvalue weighted by atomic mass is 10.3. The van der Waals surface area contributed by atoms with Gasteiger partial charge in [0.15, 0.2) is 5.82 Å². The van der Waals surface area contributed by atoms with Gasteiger partial charge in [0.2, 0.25) is 0 Å². The molecule has 6 heteroatoms. The van der Waals surface area contributed by atoms with Crippen LogP contribution < -0.4 is 11.1 Å². The Balaban J connectivity index is 2.26. The summed E-state index contributed by atoms with van der Waals surface area (Å²) in [5.41, 5.74) is 5.75. The third kappa shape index (κ3) is 7.25. The van der Waals surface area contributed by atoms with E-state index in [1.807, 2.05) is 6.92 Å². The van der Waals surface area contributed by atoms with E-state index >= 15 is 0 Å². The molecule has 1 aromatic rings. The van der Waals surface area contributed by atoms with Crippen molar-refractivity contribution in [3.8, 4) is 0 Å². The van der Waals surface area contributed by atoms with Crippen molar-refractivity contribution in [3.63, 3.8) is 0 Å². The summed E-state index contributed by atoms with van der Waals surface area (Å²) in [6.07, 6.45) is 3.23. The maximum absolute atomic E-state index is 5.75. The Bertz CT molecular complexity index is 374. The number of nitrogens with two attached hydrogens (primary N) is 1. The molecule has 0 fully saturated rings. The second kappa shape index (κ2) is 10.4. The van der Waals surface area contributed by atoms with Crippen LogP contribution in [0.3, 0.4) is 0 Å². The smallest absolute Gasteiger partial charge is 0.158 e. The molecule has 0 aromatic carbocycles. The normalized spacial score (nSPS) is 10.7. The lowest BCUT2D eigenvalue weighted by molar-refractivity contribution is 0.128. The summed E-state index contributed by atoms with van der Waals surface area (Å²) < 4.78 is 10.8. The first-order chi connectivity index (χ1) is 9.76. The predicted octanol–water partition coefficient (Wildman–Crippen LogP) is 2.21. The lowest BCUT2D eigenvalue weighted by Gasteiger charge is -2.08. The standard InChI is InChI=1S/C14H26N4O2/c1-3-5-8-20-9-6-7-16-13-10-12(15)17-14(18-13)11-19-4-2/h10H,3-9,11H2,1-2H3,(H3,15,16,17,18). The number of rotatable bonds is 11. The monoisotopic (exact) mass is 282 g/mol. The average molecular weight is 282 g/mol. The topological polar surface area (TPSA) is 82.3 Å². The molecule has 0 unspecified atom stereocenters. The molecule has 0 aliphatic rings. The highest BCUT2D eigenvalue weighted by Crippen LogP contribution is 2.09. The first kappa shape index (κ1) is 16.7. The van der Waals surface area contributed by atoms with Gasteiger partial charge in [-0.15, -0.1) is 0 Å². The van der Waals surface area contributed by atoms with E-state index in [1.54, 1.807) is 6.07 Å². The van der Waals surface area contributed by atoms with Gasteiger partial charge in [0.05, 0.1) is 0 Å². The Morgan fingerprint density at radius 2 is 1.95 bits per heavy atom. The van der Waals surface area contributed by atoms with Crippen LogP contribution in [0.1, 0.15) is 38.9 Å². The minimum Gasteiger partial charge on any atom is -0.384 e. The molecule has 1 rings (SSSR count). The third-order valence-corrected chi connectivity index (χ3v) is 2.64. The van der Waals surface area contributed by atoms with Crippen molar-refractivity contribution < 1.29 is 9.47 Å². The van der Waals surface area contributed by atoms with E-state index in [2.05, 4.69) is 22.2 Å². The Labute approximate surface area is 121 Å². The molecule has 3 N–H and O–H groups in total. The first-order valence-electron chi connectivity index (χ1n) is 7.29. The molecule has 1 aromatic heterocycles. The van der Waals surface area contributed by atoms with Crippen molar-refractivity contribution in [2.75, 3.05) is 37.4 Å². The second-order valence-corrected chi connectivity index (χ2v) is 4.48. The van der Waals surface area contributed by atoms with Crippen LogP contribution in [0.5, 0.6) is 0 Å². The molecule has 0 saturated heterocycles. The Kier molecular flexibility index (Phi) is 8.66. The average Bonchev–Trinajstić information content (AvgIpc) is 2.43. The number of anilines is 2. The molecule has 0 spiro atoms. The van der Waals surface area contributed by atoms with Crippen molar-refractivity contribution in [1.29, 1.82) is 0 Å². The number of unbranched alkanes of at least 4 members (excludes halogenated alkanes) is 1. The molecule has 114 valence electrons. The van der Waals surface area contributed by atoms with Gasteiger partial charge in [-0.3, -0.25) is 0 Å². The lowest BCUT2D eigenvalue weighted by Crippen LogP contribution is -2.10. The van der Waals surface area contributed by atoms with Crippen molar-refractivity contribution >= 4 is 11.6 Å². The van der Waals surface area contributed by atoms with E-state index in [-0.39, 0.29) is 0 Å². The van der Waals surface area contributed by atoms with Crippen molar-refractivity contribution in [2.45, 2.75) is 39.7 Å². The van der Waals surface area contributed by atoms with E-state index in [0.29, 0.717) is 24.9 Å². The molecule has 0 amide bonds. The minimum absolute atomic E-state index is 0.385. The van der Waals surface area contributed by atoms with E-state index in [1.165, 1.54) is 6.42 Å². The van der Waals surface area contributed by atoms with E-state index in [4.69, 9.17) is 15.2 Å².